The van der Waals surface area contributed by atoms with Gasteiger partial charge in [0.05, 0.1) is 5.56 Å². The molecule has 1 aromatic heterocycles. The van der Waals surface area contributed by atoms with Crippen molar-refractivity contribution in [2.75, 3.05) is 37.4 Å². The summed E-state index contributed by atoms with van der Waals surface area (Å²) < 4.78 is 0. The highest BCUT2D eigenvalue weighted by molar-refractivity contribution is 5.93. The molecular formula is C19H25N5O. The summed E-state index contributed by atoms with van der Waals surface area (Å²) in [4.78, 5) is 25.1. The Hall–Kier alpha value is -2.63. The van der Waals surface area contributed by atoms with Crippen LogP contribution in [0.2, 0.25) is 0 Å². The third-order valence-electron chi connectivity index (χ3n) is 4.48. The average molecular weight is 339 g/mol. The van der Waals surface area contributed by atoms with Gasteiger partial charge >= 0.3 is 0 Å². The number of likely N-dealkylation sites (tertiary alicyclic amines) is 1. The minimum absolute atomic E-state index is 0.0217. The predicted molar refractivity (Wildman–Crippen MR) is 100 cm³/mol. The van der Waals surface area contributed by atoms with Crippen molar-refractivity contribution in [1.82, 2.24) is 14.9 Å². The normalized spacial score (nSPS) is 17.2. The van der Waals surface area contributed by atoms with Gasteiger partial charge in [-0.15, -0.1) is 0 Å². The second kappa shape index (κ2) is 7.51. The van der Waals surface area contributed by atoms with Gasteiger partial charge in [-0.1, -0.05) is 6.92 Å². The fraction of sp³-hybridized carbons (Fsp3) is 0.421. The number of carbonyl (C=O) groups excluding carboxylic acids is 1. The predicted octanol–water partition coefficient (Wildman–Crippen LogP) is 3.16. The molecule has 0 spiro atoms. The second-order valence-electron chi connectivity index (χ2n) is 6.86. The average Bonchev–Trinajstić information content (AvgIpc) is 2.62. The SMILES string of the molecule is CC1CCCN(C(=O)c2cnc(Nc3ccc(N(C)C)cc3)nc2)C1. The Kier molecular flexibility index (Phi) is 5.16. The van der Waals surface area contributed by atoms with E-state index in [9.17, 15) is 4.79 Å². The van der Waals surface area contributed by atoms with E-state index in [4.69, 9.17) is 0 Å². The maximum Gasteiger partial charge on any atom is 0.257 e. The van der Waals surface area contributed by atoms with Crippen molar-refractivity contribution in [3.05, 3.63) is 42.2 Å². The molecule has 1 atom stereocenters. The minimum Gasteiger partial charge on any atom is -0.378 e. The first-order valence-corrected chi connectivity index (χ1v) is 8.68. The molecule has 132 valence electrons. The number of amides is 1. The van der Waals surface area contributed by atoms with E-state index in [1.54, 1.807) is 12.4 Å². The molecule has 1 N–H and O–H groups in total. The number of benzene rings is 1. The number of aromatic nitrogens is 2. The number of nitrogens with one attached hydrogen (secondary N) is 1. The zero-order valence-electron chi connectivity index (χ0n) is 15.1. The van der Waals surface area contributed by atoms with Gasteiger partial charge in [0, 0.05) is 51.0 Å². The molecule has 0 aliphatic carbocycles. The van der Waals surface area contributed by atoms with Crippen molar-refractivity contribution in [1.29, 1.82) is 0 Å². The molecule has 2 aromatic rings. The van der Waals surface area contributed by atoms with Gasteiger partial charge in [-0.2, -0.15) is 0 Å². The molecule has 2 heterocycles. The van der Waals surface area contributed by atoms with Crippen LogP contribution < -0.4 is 10.2 Å². The van der Waals surface area contributed by atoms with E-state index >= 15 is 0 Å². The van der Waals surface area contributed by atoms with Gasteiger partial charge in [-0.05, 0) is 43.0 Å². The van der Waals surface area contributed by atoms with E-state index in [1.807, 2.05) is 48.2 Å². The standard InChI is InChI=1S/C19H25N5O/c1-14-5-4-10-24(13-14)18(25)15-11-20-19(21-12-15)22-16-6-8-17(9-7-16)23(2)3/h6-9,11-12,14H,4-5,10,13H2,1-3H3,(H,20,21,22). The molecular weight excluding hydrogens is 314 g/mol. The highest BCUT2D eigenvalue weighted by Gasteiger charge is 2.22. The number of hydrogen-bond donors (Lipinski definition) is 1. The van der Waals surface area contributed by atoms with Crippen LogP contribution in [0.1, 0.15) is 30.1 Å². The highest BCUT2D eigenvalue weighted by atomic mass is 16.2. The summed E-state index contributed by atoms with van der Waals surface area (Å²) in [6.07, 6.45) is 5.46. The summed E-state index contributed by atoms with van der Waals surface area (Å²) in [6, 6.07) is 8.01. The maximum atomic E-state index is 12.5. The summed E-state index contributed by atoms with van der Waals surface area (Å²) >= 11 is 0. The molecule has 1 amide bonds. The minimum atomic E-state index is 0.0217. The van der Waals surface area contributed by atoms with Crippen LogP contribution in [0, 0.1) is 5.92 Å². The molecule has 1 aliphatic heterocycles. The van der Waals surface area contributed by atoms with E-state index in [0.717, 1.165) is 30.9 Å². The molecule has 0 radical (unpaired) electrons. The van der Waals surface area contributed by atoms with Crippen LogP contribution in [0.5, 0.6) is 0 Å². The molecule has 1 aromatic carbocycles. The van der Waals surface area contributed by atoms with Gasteiger partial charge in [-0.3, -0.25) is 4.79 Å². The van der Waals surface area contributed by atoms with Crippen LogP contribution in [0.3, 0.4) is 0 Å². The van der Waals surface area contributed by atoms with Crippen molar-refractivity contribution in [3.63, 3.8) is 0 Å². The summed E-state index contributed by atoms with van der Waals surface area (Å²) in [5, 5.41) is 3.16. The summed E-state index contributed by atoms with van der Waals surface area (Å²) in [7, 11) is 4.01. The topological polar surface area (TPSA) is 61.4 Å². The number of rotatable bonds is 4. The fourth-order valence-corrected chi connectivity index (χ4v) is 3.03. The zero-order valence-corrected chi connectivity index (χ0v) is 15.1. The lowest BCUT2D eigenvalue weighted by Crippen LogP contribution is -2.39. The van der Waals surface area contributed by atoms with Gasteiger partial charge in [0.25, 0.3) is 5.91 Å². The van der Waals surface area contributed by atoms with Crippen LogP contribution in [-0.4, -0.2) is 48.0 Å². The Bertz CT molecular complexity index is 712. The van der Waals surface area contributed by atoms with Gasteiger partial charge < -0.3 is 15.1 Å². The van der Waals surface area contributed by atoms with Crippen molar-refractivity contribution in [2.24, 2.45) is 5.92 Å². The first-order valence-electron chi connectivity index (χ1n) is 8.68. The second-order valence-corrected chi connectivity index (χ2v) is 6.86. The Morgan fingerprint density at radius 2 is 1.88 bits per heavy atom. The summed E-state index contributed by atoms with van der Waals surface area (Å²) in [5.74, 6) is 1.07. The van der Waals surface area contributed by atoms with Crippen molar-refractivity contribution >= 4 is 23.2 Å². The van der Waals surface area contributed by atoms with Crippen LogP contribution in [0.15, 0.2) is 36.7 Å². The summed E-state index contributed by atoms with van der Waals surface area (Å²) in [6.45, 7) is 3.82. The third kappa shape index (κ3) is 4.26. The number of hydrogen-bond acceptors (Lipinski definition) is 5. The lowest BCUT2D eigenvalue weighted by atomic mass is 10.00. The van der Waals surface area contributed by atoms with Gasteiger partial charge in [-0.25, -0.2) is 9.97 Å². The van der Waals surface area contributed by atoms with Gasteiger partial charge in [0.15, 0.2) is 0 Å². The van der Waals surface area contributed by atoms with E-state index in [2.05, 4.69) is 22.2 Å². The number of carbonyl (C=O) groups is 1. The largest absolute Gasteiger partial charge is 0.378 e. The number of piperidine rings is 1. The Morgan fingerprint density at radius 3 is 2.48 bits per heavy atom. The lowest BCUT2D eigenvalue weighted by molar-refractivity contribution is 0.0682. The number of anilines is 3. The van der Waals surface area contributed by atoms with Crippen molar-refractivity contribution in [2.45, 2.75) is 19.8 Å². The van der Waals surface area contributed by atoms with E-state index in [0.29, 0.717) is 17.4 Å². The molecule has 6 heteroatoms. The molecule has 1 fully saturated rings. The first kappa shape index (κ1) is 17.2. The van der Waals surface area contributed by atoms with Crippen LogP contribution >= 0.6 is 0 Å². The molecule has 6 nitrogen and oxygen atoms in total. The van der Waals surface area contributed by atoms with Crippen molar-refractivity contribution in [3.8, 4) is 0 Å². The molecule has 0 saturated carbocycles. The monoisotopic (exact) mass is 339 g/mol. The van der Waals surface area contributed by atoms with Gasteiger partial charge in [0.1, 0.15) is 0 Å². The van der Waals surface area contributed by atoms with E-state index in [-0.39, 0.29) is 5.91 Å². The first-order chi connectivity index (χ1) is 12.0. The molecule has 1 aliphatic rings. The molecule has 25 heavy (non-hydrogen) atoms. The molecule has 1 unspecified atom stereocenters. The summed E-state index contributed by atoms with van der Waals surface area (Å²) in [5.41, 5.74) is 2.58. The highest BCUT2D eigenvalue weighted by Crippen LogP contribution is 2.19. The molecule has 3 rings (SSSR count). The van der Waals surface area contributed by atoms with E-state index < -0.39 is 0 Å². The Morgan fingerprint density at radius 1 is 1.20 bits per heavy atom. The zero-order chi connectivity index (χ0) is 17.8. The van der Waals surface area contributed by atoms with Crippen LogP contribution in [0.25, 0.3) is 0 Å². The lowest BCUT2D eigenvalue weighted by Gasteiger charge is -2.30. The number of nitrogens with zero attached hydrogens (tertiary/aromatic N) is 4. The maximum absolute atomic E-state index is 12.5. The van der Waals surface area contributed by atoms with Crippen molar-refractivity contribution < 1.29 is 4.79 Å². The van der Waals surface area contributed by atoms with Crippen LogP contribution in [0.4, 0.5) is 17.3 Å². The van der Waals surface area contributed by atoms with Crippen LogP contribution in [-0.2, 0) is 0 Å². The molecule has 1 saturated heterocycles. The van der Waals surface area contributed by atoms with Gasteiger partial charge in [0.2, 0.25) is 5.95 Å². The molecule has 0 bridgehead atoms. The smallest absolute Gasteiger partial charge is 0.257 e. The third-order valence-corrected chi connectivity index (χ3v) is 4.48. The quantitative estimate of drug-likeness (QED) is 0.927. The Balaban J connectivity index is 1.64. The fourth-order valence-electron chi connectivity index (χ4n) is 3.03. The Labute approximate surface area is 148 Å². The van der Waals surface area contributed by atoms with E-state index in [1.165, 1.54) is 6.42 Å².